The van der Waals surface area contributed by atoms with Crippen molar-refractivity contribution in [2.24, 2.45) is 0 Å². The maximum Gasteiger partial charge on any atom is 0.218 e. The van der Waals surface area contributed by atoms with E-state index in [0.717, 1.165) is 5.56 Å². The molecule has 94 valence electrons. The van der Waals surface area contributed by atoms with Gasteiger partial charge in [-0.05, 0) is 12.0 Å². The molecule has 17 heavy (non-hydrogen) atoms. The van der Waals surface area contributed by atoms with Gasteiger partial charge in [0.2, 0.25) is 10.0 Å². The number of aliphatic hydroxyl groups is 1. The summed E-state index contributed by atoms with van der Waals surface area (Å²) in [5.41, 5.74) is -0.0385. The highest BCUT2D eigenvalue weighted by atomic mass is 32.2. The third-order valence-corrected chi connectivity index (χ3v) is 4.93. The molecule has 1 fully saturated rings. The fourth-order valence-corrected chi connectivity index (χ4v) is 3.58. The van der Waals surface area contributed by atoms with Crippen LogP contribution >= 0.6 is 0 Å². The molecule has 0 bridgehead atoms. The highest BCUT2D eigenvalue weighted by Crippen LogP contribution is 2.28. The van der Waals surface area contributed by atoms with Gasteiger partial charge in [-0.2, -0.15) is 4.31 Å². The molecule has 0 atom stereocenters. The highest BCUT2D eigenvalue weighted by molar-refractivity contribution is 7.88. The molecule has 0 spiro atoms. The van der Waals surface area contributed by atoms with Gasteiger partial charge in [0.05, 0.1) is 11.4 Å². The Labute approximate surface area is 102 Å². The third-order valence-electron chi connectivity index (χ3n) is 3.18. The van der Waals surface area contributed by atoms with Crippen molar-refractivity contribution in [3.05, 3.63) is 35.9 Å². The molecular formula is C12H17NO3S. The van der Waals surface area contributed by atoms with Gasteiger partial charge in [-0.15, -0.1) is 0 Å². The smallest absolute Gasteiger partial charge is 0.218 e. The molecule has 4 nitrogen and oxygen atoms in total. The van der Waals surface area contributed by atoms with Crippen LogP contribution in [0.2, 0.25) is 0 Å². The summed E-state index contributed by atoms with van der Waals surface area (Å²) >= 11 is 0. The fourth-order valence-electron chi connectivity index (χ4n) is 1.91. The second-order valence-electron chi connectivity index (χ2n) is 4.59. The normalized spacial score (nSPS) is 19.9. The van der Waals surface area contributed by atoms with Gasteiger partial charge in [0, 0.05) is 13.1 Å². The molecule has 0 aliphatic carbocycles. The third kappa shape index (κ3) is 2.68. The summed E-state index contributed by atoms with van der Waals surface area (Å²) in [4.78, 5) is 0. The topological polar surface area (TPSA) is 57.6 Å². The van der Waals surface area contributed by atoms with E-state index in [4.69, 9.17) is 0 Å². The Kier molecular flexibility index (Phi) is 3.25. The molecule has 1 saturated heterocycles. The summed E-state index contributed by atoms with van der Waals surface area (Å²) in [6, 6.07) is 9.09. The van der Waals surface area contributed by atoms with E-state index in [1.54, 1.807) is 12.1 Å². The lowest BCUT2D eigenvalue weighted by molar-refractivity contribution is -0.0614. The molecule has 0 aromatic heterocycles. The Bertz CT molecular complexity index is 478. The van der Waals surface area contributed by atoms with Gasteiger partial charge < -0.3 is 5.11 Å². The van der Waals surface area contributed by atoms with Gasteiger partial charge >= 0.3 is 0 Å². The largest absolute Gasteiger partial charge is 0.387 e. The Morgan fingerprint density at radius 3 is 2.41 bits per heavy atom. The lowest BCUT2D eigenvalue weighted by Crippen LogP contribution is -2.63. The maximum atomic E-state index is 12.0. The quantitative estimate of drug-likeness (QED) is 0.872. The molecule has 0 saturated carbocycles. The van der Waals surface area contributed by atoms with Crippen molar-refractivity contribution < 1.29 is 13.5 Å². The van der Waals surface area contributed by atoms with Crippen molar-refractivity contribution in [3.8, 4) is 0 Å². The number of nitrogens with zero attached hydrogens (tertiary/aromatic N) is 1. The fraction of sp³-hybridized carbons (Fsp3) is 0.500. The van der Waals surface area contributed by atoms with E-state index in [1.807, 2.05) is 25.1 Å². The Balaban J connectivity index is 2.02. The Morgan fingerprint density at radius 1 is 1.29 bits per heavy atom. The summed E-state index contributed by atoms with van der Waals surface area (Å²) in [6.45, 7) is 2.30. The van der Waals surface area contributed by atoms with Gasteiger partial charge in [0.15, 0.2) is 0 Å². The number of hydrogen-bond acceptors (Lipinski definition) is 3. The number of hydrogen-bond donors (Lipinski definition) is 1. The minimum absolute atomic E-state index is 0.00757. The molecule has 1 heterocycles. The predicted molar refractivity (Wildman–Crippen MR) is 65.9 cm³/mol. The van der Waals surface area contributed by atoms with E-state index in [1.165, 1.54) is 4.31 Å². The van der Waals surface area contributed by atoms with Crippen LogP contribution in [0.5, 0.6) is 0 Å². The summed E-state index contributed by atoms with van der Waals surface area (Å²) in [7, 11) is -3.28. The molecule has 2 rings (SSSR count). The summed E-state index contributed by atoms with van der Waals surface area (Å²) in [5.74, 6) is 0.00757. The second-order valence-corrected chi connectivity index (χ2v) is 6.56. The van der Waals surface area contributed by atoms with Gasteiger partial charge in [0.1, 0.15) is 0 Å². The van der Waals surface area contributed by atoms with E-state index in [0.29, 0.717) is 6.42 Å². The van der Waals surface area contributed by atoms with Crippen molar-refractivity contribution in [1.82, 2.24) is 4.31 Å². The summed E-state index contributed by atoms with van der Waals surface area (Å²) in [5, 5.41) is 9.81. The first-order valence-electron chi connectivity index (χ1n) is 5.69. The zero-order chi connectivity index (χ0) is 12.5. The first-order chi connectivity index (χ1) is 7.95. The van der Waals surface area contributed by atoms with Crippen LogP contribution in [0.15, 0.2) is 30.3 Å². The molecule has 1 aromatic carbocycles. The molecule has 1 aromatic rings. The Hall–Kier alpha value is -0.910. The Morgan fingerprint density at radius 2 is 1.88 bits per heavy atom. The summed E-state index contributed by atoms with van der Waals surface area (Å²) < 4.78 is 25.4. The van der Waals surface area contributed by atoms with E-state index >= 15 is 0 Å². The van der Waals surface area contributed by atoms with Gasteiger partial charge in [-0.3, -0.25) is 0 Å². The van der Waals surface area contributed by atoms with E-state index in [-0.39, 0.29) is 18.8 Å². The second kappa shape index (κ2) is 4.40. The van der Waals surface area contributed by atoms with Crippen molar-refractivity contribution >= 4 is 10.0 Å². The minimum atomic E-state index is -3.28. The van der Waals surface area contributed by atoms with E-state index in [2.05, 4.69) is 0 Å². The molecule has 1 aliphatic rings. The average Bonchev–Trinajstić information content (AvgIpc) is 2.25. The SMILES string of the molecule is CCC1(O)CN(S(=O)(=O)Cc2ccccc2)C1. The zero-order valence-electron chi connectivity index (χ0n) is 9.83. The van der Waals surface area contributed by atoms with Crippen molar-refractivity contribution in [1.29, 1.82) is 0 Å². The zero-order valence-corrected chi connectivity index (χ0v) is 10.7. The number of benzene rings is 1. The summed E-state index contributed by atoms with van der Waals surface area (Å²) in [6.07, 6.45) is 0.588. The standard InChI is InChI=1S/C12H17NO3S/c1-2-12(14)9-13(10-12)17(15,16)8-11-6-4-3-5-7-11/h3-7,14H,2,8-10H2,1H3. The molecule has 1 N–H and O–H groups in total. The molecule has 0 unspecified atom stereocenters. The number of rotatable bonds is 4. The molecule has 0 amide bonds. The van der Waals surface area contributed by atoms with Crippen LogP contribution in [0.25, 0.3) is 0 Å². The van der Waals surface area contributed by atoms with Crippen molar-refractivity contribution in [2.75, 3.05) is 13.1 Å². The van der Waals surface area contributed by atoms with Crippen LogP contribution < -0.4 is 0 Å². The first-order valence-corrected chi connectivity index (χ1v) is 7.30. The first kappa shape index (κ1) is 12.5. The van der Waals surface area contributed by atoms with Crippen molar-refractivity contribution in [2.45, 2.75) is 24.7 Å². The van der Waals surface area contributed by atoms with Crippen LogP contribution in [0, 0.1) is 0 Å². The molecule has 1 aliphatic heterocycles. The number of β-amino-alcohol motifs (C(OH)–C–C–N with tert-alkyl or cyclic N) is 1. The van der Waals surface area contributed by atoms with Crippen LogP contribution in [0.1, 0.15) is 18.9 Å². The van der Waals surface area contributed by atoms with Gasteiger partial charge in [-0.1, -0.05) is 37.3 Å². The number of sulfonamides is 1. The van der Waals surface area contributed by atoms with Crippen LogP contribution in [0.4, 0.5) is 0 Å². The average molecular weight is 255 g/mol. The highest BCUT2D eigenvalue weighted by Gasteiger charge is 2.45. The van der Waals surface area contributed by atoms with Gasteiger partial charge in [0.25, 0.3) is 0 Å². The van der Waals surface area contributed by atoms with E-state index < -0.39 is 15.6 Å². The molecule has 5 heteroatoms. The monoisotopic (exact) mass is 255 g/mol. The molecule has 0 radical (unpaired) electrons. The lowest BCUT2D eigenvalue weighted by Gasteiger charge is -2.44. The minimum Gasteiger partial charge on any atom is -0.387 e. The van der Waals surface area contributed by atoms with E-state index in [9.17, 15) is 13.5 Å². The predicted octanol–water partition coefficient (Wildman–Crippen LogP) is 0.973. The molecular weight excluding hydrogens is 238 g/mol. The van der Waals surface area contributed by atoms with Crippen LogP contribution in [-0.2, 0) is 15.8 Å². The van der Waals surface area contributed by atoms with Crippen molar-refractivity contribution in [3.63, 3.8) is 0 Å². The van der Waals surface area contributed by atoms with Crippen LogP contribution in [0.3, 0.4) is 0 Å². The lowest BCUT2D eigenvalue weighted by atomic mass is 9.94. The van der Waals surface area contributed by atoms with Gasteiger partial charge in [-0.25, -0.2) is 8.42 Å². The van der Waals surface area contributed by atoms with Crippen LogP contribution in [-0.4, -0.2) is 36.5 Å². The maximum absolute atomic E-state index is 12.0.